The first-order chi connectivity index (χ1) is 10.5. The van der Waals surface area contributed by atoms with E-state index in [1.165, 1.54) is 11.1 Å². The highest BCUT2D eigenvalue weighted by Gasteiger charge is 2.16. The minimum atomic E-state index is -0.564. The van der Waals surface area contributed by atoms with Gasteiger partial charge in [0.25, 0.3) is 0 Å². The van der Waals surface area contributed by atoms with Crippen molar-refractivity contribution in [3.05, 3.63) is 70.8 Å². The summed E-state index contributed by atoms with van der Waals surface area (Å²) in [5, 5.41) is 19.2. The van der Waals surface area contributed by atoms with E-state index in [0.717, 1.165) is 5.56 Å². The van der Waals surface area contributed by atoms with Gasteiger partial charge in [0.2, 0.25) is 0 Å². The number of benzene rings is 2. The van der Waals surface area contributed by atoms with Gasteiger partial charge in [0, 0.05) is 12.6 Å². The van der Waals surface area contributed by atoms with Crippen LogP contribution in [-0.4, -0.2) is 23.6 Å². The Balaban J connectivity index is 2.02. The molecule has 0 amide bonds. The van der Waals surface area contributed by atoms with Gasteiger partial charge in [0.05, 0.1) is 17.7 Å². The molecule has 2 rings (SSSR count). The van der Waals surface area contributed by atoms with E-state index < -0.39 is 6.10 Å². The van der Waals surface area contributed by atoms with Gasteiger partial charge in [-0.25, -0.2) is 0 Å². The second-order valence-electron chi connectivity index (χ2n) is 5.78. The summed E-state index contributed by atoms with van der Waals surface area (Å²) < 4.78 is 0. The van der Waals surface area contributed by atoms with E-state index in [2.05, 4.69) is 49.1 Å². The van der Waals surface area contributed by atoms with Crippen molar-refractivity contribution in [3.8, 4) is 6.07 Å². The van der Waals surface area contributed by atoms with E-state index in [0.29, 0.717) is 12.1 Å². The highest BCUT2D eigenvalue weighted by atomic mass is 16.3. The van der Waals surface area contributed by atoms with Crippen LogP contribution in [0.1, 0.15) is 41.3 Å². The maximum absolute atomic E-state index is 10.4. The molecule has 2 atom stereocenters. The fraction of sp³-hybridized carbons (Fsp3) is 0.316. The lowest BCUT2D eigenvalue weighted by atomic mass is 10.0. The molecule has 2 unspecified atom stereocenters. The Morgan fingerprint density at radius 2 is 1.59 bits per heavy atom. The maximum atomic E-state index is 10.4. The summed E-state index contributed by atoms with van der Waals surface area (Å²) in [7, 11) is 2.01. The molecule has 3 nitrogen and oxygen atoms in total. The van der Waals surface area contributed by atoms with Crippen LogP contribution in [0.5, 0.6) is 0 Å². The van der Waals surface area contributed by atoms with E-state index in [1.54, 1.807) is 12.1 Å². The minimum absolute atomic E-state index is 0.230. The fourth-order valence-electron chi connectivity index (χ4n) is 2.42. The molecule has 0 saturated heterocycles. The van der Waals surface area contributed by atoms with Gasteiger partial charge in [-0.15, -0.1) is 0 Å². The van der Waals surface area contributed by atoms with E-state index in [4.69, 9.17) is 5.26 Å². The Bertz CT molecular complexity index is 641. The average Bonchev–Trinajstić information content (AvgIpc) is 2.54. The van der Waals surface area contributed by atoms with Crippen LogP contribution < -0.4 is 0 Å². The van der Waals surface area contributed by atoms with E-state index in [1.807, 2.05) is 19.2 Å². The van der Waals surface area contributed by atoms with Crippen LogP contribution >= 0.6 is 0 Å². The molecular weight excluding hydrogens is 272 g/mol. The van der Waals surface area contributed by atoms with Crippen LogP contribution in [0.25, 0.3) is 0 Å². The summed E-state index contributed by atoms with van der Waals surface area (Å²) in [6, 6.07) is 17.9. The zero-order valence-corrected chi connectivity index (χ0v) is 13.3. The van der Waals surface area contributed by atoms with E-state index >= 15 is 0 Å². The second kappa shape index (κ2) is 7.22. The molecule has 22 heavy (non-hydrogen) atoms. The van der Waals surface area contributed by atoms with Crippen molar-refractivity contribution < 1.29 is 5.11 Å². The largest absolute Gasteiger partial charge is 0.387 e. The molecular formula is C19H22N2O. The molecule has 2 aromatic carbocycles. The first kappa shape index (κ1) is 16.2. The molecule has 3 heteroatoms. The Hall–Kier alpha value is -2.15. The standard InChI is InChI=1S/C19H22N2O/c1-14-4-8-17(9-5-14)15(2)21(3)13-19(22)18-10-6-16(12-20)7-11-18/h4-11,15,19,22H,13H2,1-3H3. The number of nitrogens with zero attached hydrogens (tertiary/aromatic N) is 2. The number of aliphatic hydroxyl groups is 1. The topological polar surface area (TPSA) is 47.3 Å². The number of aliphatic hydroxyl groups excluding tert-OH is 1. The van der Waals surface area contributed by atoms with Crippen LogP contribution in [0.3, 0.4) is 0 Å². The van der Waals surface area contributed by atoms with Crippen LogP contribution in [-0.2, 0) is 0 Å². The molecule has 0 spiro atoms. The molecule has 0 aliphatic carbocycles. The molecule has 0 aromatic heterocycles. The first-order valence-electron chi connectivity index (χ1n) is 7.46. The molecule has 1 N–H and O–H groups in total. The number of hydrogen-bond donors (Lipinski definition) is 1. The number of likely N-dealkylation sites (N-methyl/N-ethyl adjacent to an activating group) is 1. The zero-order valence-electron chi connectivity index (χ0n) is 13.3. The van der Waals surface area contributed by atoms with Gasteiger partial charge in [-0.05, 0) is 44.2 Å². The third-order valence-corrected chi connectivity index (χ3v) is 4.11. The first-order valence-corrected chi connectivity index (χ1v) is 7.46. The molecule has 0 fully saturated rings. The van der Waals surface area contributed by atoms with Gasteiger partial charge in [-0.3, -0.25) is 4.90 Å². The van der Waals surface area contributed by atoms with Gasteiger partial charge in [0.1, 0.15) is 0 Å². The average molecular weight is 294 g/mol. The SMILES string of the molecule is Cc1ccc(C(C)N(C)CC(O)c2ccc(C#N)cc2)cc1. The lowest BCUT2D eigenvalue weighted by Gasteiger charge is -2.27. The summed E-state index contributed by atoms with van der Waals surface area (Å²) in [6.07, 6.45) is -0.564. The Morgan fingerprint density at radius 3 is 2.14 bits per heavy atom. The quantitative estimate of drug-likeness (QED) is 0.916. The predicted molar refractivity (Wildman–Crippen MR) is 88.3 cm³/mol. The molecule has 114 valence electrons. The maximum Gasteiger partial charge on any atom is 0.0991 e. The van der Waals surface area contributed by atoms with E-state index in [-0.39, 0.29) is 6.04 Å². The zero-order chi connectivity index (χ0) is 16.1. The van der Waals surface area contributed by atoms with Crippen molar-refractivity contribution in [1.29, 1.82) is 5.26 Å². The summed E-state index contributed by atoms with van der Waals surface area (Å²) in [4.78, 5) is 2.13. The highest BCUT2D eigenvalue weighted by Crippen LogP contribution is 2.22. The second-order valence-corrected chi connectivity index (χ2v) is 5.78. The Labute approximate surface area is 132 Å². The summed E-state index contributed by atoms with van der Waals surface area (Å²) in [5.41, 5.74) is 3.93. The van der Waals surface area contributed by atoms with Crippen molar-refractivity contribution in [2.75, 3.05) is 13.6 Å². The molecule has 0 aliphatic rings. The van der Waals surface area contributed by atoms with E-state index in [9.17, 15) is 5.11 Å². The lowest BCUT2D eigenvalue weighted by Crippen LogP contribution is -2.27. The van der Waals surface area contributed by atoms with Crippen molar-refractivity contribution in [2.45, 2.75) is 26.0 Å². The van der Waals surface area contributed by atoms with Crippen LogP contribution in [0.2, 0.25) is 0 Å². The molecule has 0 aliphatic heterocycles. The normalized spacial score (nSPS) is 13.6. The van der Waals surface area contributed by atoms with Gasteiger partial charge >= 0.3 is 0 Å². The van der Waals surface area contributed by atoms with Gasteiger partial charge < -0.3 is 5.11 Å². The van der Waals surface area contributed by atoms with Gasteiger partial charge in [-0.2, -0.15) is 5.26 Å². The number of nitriles is 1. The fourth-order valence-corrected chi connectivity index (χ4v) is 2.42. The van der Waals surface area contributed by atoms with Gasteiger partial charge in [-0.1, -0.05) is 42.0 Å². The van der Waals surface area contributed by atoms with Crippen LogP contribution in [0.4, 0.5) is 0 Å². The van der Waals surface area contributed by atoms with Crippen molar-refractivity contribution in [3.63, 3.8) is 0 Å². The van der Waals surface area contributed by atoms with Crippen LogP contribution in [0, 0.1) is 18.3 Å². The highest BCUT2D eigenvalue weighted by molar-refractivity contribution is 5.32. The summed E-state index contributed by atoms with van der Waals surface area (Å²) >= 11 is 0. The molecule has 2 aromatic rings. The number of aryl methyl sites for hydroxylation is 1. The third-order valence-electron chi connectivity index (χ3n) is 4.11. The van der Waals surface area contributed by atoms with Gasteiger partial charge in [0.15, 0.2) is 0 Å². The Kier molecular flexibility index (Phi) is 5.32. The van der Waals surface area contributed by atoms with Crippen molar-refractivity contribution in [2.24, 2.45) is 0 Å². The summed E-state index contributed by atoms with van der Waals surface area (Å²) in [6.45, 7) is 4.75. The monoisotopic (exact) mass is 294 g/mol. The lowest BCUT2D eigenvalue weighted by molar-refractivity contribution is 0.108. The molecule has 0 saturated carbocycles. The number of rotatable bonds is 5. The molecule has 0 heterocycles. The number of hydrogen-bond acceptors (Lipinski definition) is 3. The molecule has 0 radical (unpaired) electrons. The summed E-state index contributed by atoms with van der Waals surface area (Å²) in [5.74, 6) is 0. The predicted octanol–water partition coefficient (Wildman–Crippen LogP) is 3.59. The smallest absolute Gasteiger partial charge is 0.0991 e. The van der Waals surface area contributed by atoms with Crippen molar-refractivity contribution >= 4 is 0 Å². The Morgan fingerprint density at radius 1 is 1.05 bits per heavy atom. The molecule has 0 bridgehead atoms. The van der Waals surface area contributed by atoms with Crippen molar-refractivity contribution in [1.82, 2.24) is 4.90 Å². The third kappa shape index (κ3) is 3.94. The van der Waals surface area contributed by atoms with Crippen LogP contribution in [0.15, 0.2) is 48.5 Å². The minimum Gasteiger partial charge on any atom is -0.387 e.